The third kappa shape index (κ3) is 3.89. The fourth-order valence-electron chi connectivity index (χ4n) is 3.25. The van der Waals surface area contributed by atoms with E-state index in [9.17, 15) is 9.59 Å². The fourth-order valence-corrected chi connectivity index (χ4v) is 3.25. The van der Waals surface area contributed by atoms with Gasteiger partial charge in [-0.05, 0) is 42.7 Å². The summed E-state index contributed by atoms with van der Waals surface area (Å²) in [4.78, 5) is 26.6. The molecule has 0 saturated heterocycles. The number of carbonyl (C=O) groups is 2. The van der Waals surface area contributed by atoms with Gasteiger partial charge in [0.25, 0.3) is 5.91 Å². The van der Waals surface area contributed by atoms with Crippen molar-refractivity contribution in [3.05, 3.63) is 59.2 Å². The van der Waals surface area contributed by atoms with Gasteiger partial charge in [0.1, 0.15) is 6.04 Å². The number of ether oxygens (including phenoxy) is 2. The van der Waals surface area contributed by atoms with E-state index in [1.807, 2.05) is 36.4 Å². The quantitative estimate of drug-likeness (QED) is 0.815. The van der Waals surface area contributed by atoms with E-state index < -0.39 is 6.04 Å². The largest absolute Gasteiger partial charge is 0.493 e. The number of rotatable bonds is 7. The van der Waals surface area contributed by atoms with Crippen molar-refractivity contribution < 1.29 is 19.1 Å². The van der Waals surface area contributed by atoms with Gasteiger partial charge >= 0.3 is 0 Å². The van der Waals surface area contributed by atoms with Crippen molar-refractivity contribution in [1.29, 1.82) is 0 Å². The lowest BCUT2D eigenvalue weighted by Gasteiger charge is -2.23. The number of amides is 2. The Morgan fingerprint density at radius 3 is 2.59 bits per heavy atom. The molecule has 2 aromatic rings. The van der Waals surface area contributed by atoms with E-state index in [1.54, 1.807) is 32.1 Å². The van der Waals surface area contributed by atoms with Gasteiger partial charge in [-0.15, -0.1) is 0 Å². The number of hydrogen-bond acceptors (Lipinski definition) is 4. The number of nitrogens with one attached hydrogen (secondary N) is 1. The molecule has 1 aliphatic heterocycles. The van der Waals surface area contributed by atoms with E-state index >= 15 is 0 Å². The molecule has 1 heterocycles. The molecule has 1 N–H and O–H groups in total. The minimum atomic E-state index is -0.518. The highest BCUT2D eigenvalue weighted by Crippen LogP contribution is 2.27. The number of carbonyl (C=O) groups excluding carboxylic acids is 2. The molecule has 0 spiro atoms. The summed E-state index contributed by atoms with van der Waals surface area (Å²) in [5.41, 5.74) is 2.68. The molecule has 142 valence electrons. The number of hydrogen-bond donors (Lipinski definition) is 1. The first-order valence-corrected chi connectivity index (χ1v) is 8.92. The first-order chi connectivity index (χ1) is 13.0. The Morgan fingerprint density at radius 2 is 1.89 bits per heavy atom. The molecular formula is C21H24N2O4. The van der Waals surface area contributed by atoms with Crippen LogP contribution in [0.4, 0.5) is 0 Å². The van der Waals surface area contributed by atoms with Gasteiger partial charge < -0.3 is 19.7 Å². The zero-order chi connectivity index (χ0) is 19.4. The van der Waals surface area contributed by atoms with Gasteiger partial charge in [0.05, 0.1) is 14.2 Å². The SMILES string of the molecule is COc1ccc(CCNC(=O)[C@@H](C)N2Cc3ccccc3C2=O)cc1OC. The van der Waals surface area contributed by atoms with Crippen LogP contribution in [0.25, 0.3) is 0 Å². The molecule has 3 rings (SSSR count). The molecule has 6 nitrogen and oxygen atoms in total. The average Bonchev–Trinajstić information content (AvgIpc) is 3.04. The molecule has 1 aliphatic rings. The van der Waals surface area contributed by atoms with Gasteiger partial charge in [0.15, 0.2) is 11.5 Å². The molecule has 0 unspecified atom stereocenters. The lowest BCUT2D eigenvalue weighted by atomic mass is 10.1. The van der Waals surface area contributed by atoms with Gasteiger partial charge in [-0.1, -0.05) is 24.3 Å². The van der Waals surface area contributed by atoms with Crippen LogP contribution < -0.4 is 14.8 Å². The summed E-state index contributed by atoms with van der Waals surface area (Å²) in [7, 11) is 3.19. The summed E-state index contributed by atoms with van der Waals surface area (Å²) >= 11 is 0. The Hall–Kier alpha value is -3.02. The molecule has 0 aliphatic carbocycles. The third-order valence-corrected chi connectivity index (χ3v) is 4.86. The summed E-state index contributed by atoms with van der Waals surface area (Å²) in [5, 5.41) is 2.92. The normalized spacial score (nSPS) is 13.9. The van der Waals surface area contributed by atoms with Crippen LogP contribution in [-0.4, -0.2) is 43.5 Å². The summed E-state index contributed by atoms with van der Waals surface area (Å²) in [5.74, 6) is 1.09. The first-order valence-electron chi connectivity index (χ1n) is 8.92. The van der Waals surface area contributed by atoms with Crippen molar-refractivity contribution in [2.24, 2.45) is 0 Å². The maximum atomic E-state index is 12.5. The molecular weight excluding hydrogens is 344 g/mol. The summed E-state index contributed by atoms with van der Waals surface area (Å²) in [6.07, 6.45) is 0.660. The summed E-state index contributed by atoms with van der Waals surface area (Å²) in [6, 6.07) is 12.6. The highest BCUT2D eigenvalue weighted by Gasteiger charge is 2.33. The Labute approximate surface area is 159 Å². The Morgan fingerprint density at radius 1 is 1.15 bits per heavy atom. The zero-order valence-corrected chi connectivity index (χ0v) is 15.8. The fraction of sp³-hybridized carbons (Fsp3) is 0.333. The van der Waals surface area contributed by atoms with Crippen molar-refractivity contribution in [2.45, 2.75) is 25.9 Å². The second-order valence-corrected chi connectivity index (χ2v) is 6.50. The van der Waals surface area contributed by atoms with E-state index in [0.717, 1.165) is 11.1 Å². The smallest absolute Gasteiger partial charge is 0.255 e. The van der Waals surface area contributed by atoms with Crippen molar-refractivity contribution in [3.8, 4) is 11.5 Å². The standard InChI is InChI=1S/C21H24N2O4/c1-14(23-13-16-6-4-5-7-17(16)21(23)25)20(24)22-11-10-15-8-9-18(26-2)19(12-15)27-3/h4-9,12,14H,10-11,13H2,1-3H3,(H,22,24)/t14-/m1/s1. The lowest BCUT2D eigenvalue weighted by Crippen LogP contribution is -2.45. The molecule has 0 radical (unpaired) electrons. The molecule has 1 atom stereocenters. The van der Waals surface area contributed by atoms with Crippen molar-refractivity contribution >= 4 is 11.8 Å². The number of fused-ring (bicyclic) bond motifs is 1. The lowest BCUT2D eigenvalue weighted by molar-refractivity contribution is -0.125. The van der Waals surface area contributed by atoms with E-state index in [-0.39, 0.29) is 11.8 Å². The molecule has 0 bridgehead atoms. The van der Waals surface area contributed by atoms with Gasteiger partial charge in [-0.3, -0.25) is 9.59 Å². The van der Waals surface area contributed by atoms with Gasteiger partial charge in [-0.2, -0.15) is 0 Å². The van der Waals surface area contributed by atoms with Crippen LogP contribution in [0.1, 0.15) is 28.4 Å². The Balaban J connectivity index is 1.55. The van der Waals surface area contributed by atoms with E-state index in [4.69, 9.17) is 9.47 Å². The minimum Gasteiger partial charge on any atom is -0.493 e. The Kier molecular flexibility index (Phi) is 5.64. The highest BCUT2D eigenvalue weighted by atomic mass is 16.5. The number of methoxy groups -OCH3 is 2. The Bertz CT molecular complexity index is 850. The van der Waals surface area contributed by atoms with Crippen LogP contribution in [-0.2, 0) is 17.8 Å². The minimum absolute atomic E-state index is 0.0897. The molecule has 0 saturated carbocycles. The van der Waals surface area contributed by atoms with Gasteiger partial charge in [0, 0.05) is 18.7 Å². The van der Waals surface area contributed by atoms with E-state index in [2.05, 4.69) is 5.32 Å². The molecule has 2 aromatic carbocycles. The molecule has 27 heavy (non-hydrogen) atoms. The molecule has 0 fully saturated rings. The maximum Gasteiger partial charge on any atom is 0.255 e. The summed E-state index contributed by atoms with van der Waals surface area (Å²) in [6.45, 7) is 2.71. The monoisotopic (exact) mass is 368 g/mol. The molecule has 2 amide bonds. The van der Waals surface area contributed by atoms with Crippen LogP contribution in [0, 0.1) is 0 Å². The van der Waals surface area contributed by atoms with Crippen LogP contribution in [0.2, 0.25) is 0 Å². The van der Waals surface area contributed by atoms with E-state index in [0.29, 0.717) is 36.6 Å². The molecule has 6 heteroatoms. The van der Waals surface area contributed by atoms with Crippen LogP contribution in [0.3, 0.4) is 0 Å². The van der Waals surface area contributed by atoms with Crippen LogP contribution >= 0.6 is 0 Å². The predicted molar refractivity (Wildman–Crippen MR) is 102 cm³/mol. The first kappa shape index (κ1) is 18.8. The second kappa shape index (κ2) is 8.12. The summed E-state index contributed by atoms with van der Waals surface area (Å²) < 4.78 is 10.5. The maximum absolute atomic E-state index is 12.5. The topological polar surface area (TPSA) is 67.9 Å². The van der Waals surface area contributed by atoms with Crippen LogP contribution in [0.5, 0.6) is 11.5 Å². The van der Waals surface area contributed by atoms with Crippen molar-refractivity contribution in [2.75, 3.05) is 20.8 Å². The third-order valence-electron chi connectivity index (χ3n) is 4.86. The average molecular weight is 368 g/mol. The zero-order valence-electron chi connectivity index (χ0n) is 15.8. The molecule has 0 aromatic heterocycles. The van der Waals surface area contributed by atoms with E-state index in [1.165, 1.54) is 0 Å². The highest BCUT2D eigenvalue weighted by molar-refractivity contribution is 6.01. The predicted octanol–water partition coefficient (Wildman–Crippen LogP) is 2.41. The van der Waals surface area contributed by atoms with Gasteiger partial charge in [0.2, 0.25) is 5.91 Å². The van der Waals surface area contributed by atoms with Crippen molar-refractivity contribution in [3.63, 3.8) is 0 Å². The number of nitrogens with zero attached hydrogens (tertiary/aromatic N) is 1. The van der Waals surface area contributed by atoms with Gasteiger partial charge in [-0.25, -0.2) is 0 Å². The van der Waals surface area contributed by atoms with Crippen molar-refractivity contribution in [1.82, 2.24) is 10.2 Å². The van der Waals surface area contributed by atoms with Crippen LogP contribution in [0.15, 0.2) is 42.5 Å². The number of benzene rings is 2. The second-order valence-electron chi connectivity index (χ2n) is 6.50.